The van der Waals surface area contributed by atoms with E-state index >= 15 is 0 Å². The zero-order valence-electron chi connectivity index (χ0n) is 8.54. The number of nitrogens with zero attached hydrogens (tertiary/aromatic N) is 1. The van der Waals surface area contributed by atoms with Crippen LogP contribution in [0.4, 0.5) is 0 Å². The zero-order valence-corrected chi connectivity index (χ0v) is 9.36. The number of hydrogen-bond donors (Lipinski definition) is 2. The predicted octanol–water partition coefficient (Wildman–Crippen LogP) is 0.891. The molecular weight excluding hydrogens is 200 g/mol. The van der Waals surface area contributed by atoms with Crippen molar-refractivity contribution in [3.05, 3.63) is 15.6 Å². The minimum absolute atomic E-state index is 0.00745. The Labute approximate surface area is 87.9 Å². The molecule has 1 aromatic heterocycles. The summed E-state index contributed by atoms with van der Waals surface area (Å²) >= 11 is 1.54. The van der Waals surface area contributed by atoms with Crippen molar-refractivity contribution in [3.8, 4) is 0 Å². The molecular formula is C9H16N2O2S. The lowest BCUT2D eigenvalue weighted by atomic mass is 10.3. The summed E-state index contributed by atoms with van der Waals surface area (Å²) in [5.41, 5.74) is 0.933. The number of aliphatic hydroxyl groups excluding tert-OH is 1. The van der Waals surface area contributed by atoms with Crippen molar-refractivity contribution in [2.75, 3.05) is 13.7 Å². The summed E-state index contributed by atoms with van der Waals surface area (Å²) in [6.07, 6.45) is 0. The summed E-state index contributed by atoms with van der Waals surface area (Å²) in [4.78, 5) is 5.43. The van der Waals surface area contributed by atoms with Crippen LogP contribution >= 0.6 is 11.3 Å². The van der Waals surface area contributed by atoms with Crippen LogP contribution in [0.1, 0.15) is 22.5 Å². The highest BCUT2D eigenvalue weighted by Gasteiger charge is 2.09. The molecule has 0 aromatic carbocycles. The van der Waals surface area contributed by atoms with Crippen molar-refractivity contribution in [1.29, 1.82) is 0 Å². The highest BCUT2D eigenvalue weighted by Crippen LogP contribution is 2.19. The normalized spacial score (nSPS) is 10.8. The van der Waals surface area contributed by atoms with Crippen LogP contribution in [-0.2, 0) is 24.5 Å². The van der Waals surface area contributed by atoms with Gasteiger partial charge in [0.1, 0.15) is 5.01 Å². The fourth-order valence-corrected chi connectivity index (χ4v) is 2.03. The first-order valence-corrected chi connectivity index (χ1v) is 5.41. The van der Waals surface area contributed by atoms with Gasteiger partial charge >= 0.3 is 0 Å². The highest BCUT2D eigenvalue weighted by molar-refractivity contribution is 7.11. The smallest absolute Gasteiger partial charge is 0.119 e. The molecule has 0 amide bonds. The van der Waals surface area contributed by atoms with E-state index in [1.54, 1.807) is 7.11 Å². The minimum atomic E-state index is 0.00745. The van der Waals surface area contributed by atoms with E-state index in [0.717, 1.165) is 28.7 Å². The van der Waals surface area contributed by atoms with Gasteiger partial charge < -0.3 is 15.2 Å². The monoisotopic (exact) mass is 216 g/mol. The van der Waals surface area contributed by atoms with E-state index in [4.69, 9.17) is 9.84 Å². The summed E-state index contributed by atoms with van der Waals surface area (Å²) in [5.74, 6) is 0. The van der Waals surface area contributed by atoms with Crippen LogP contribution in [0.3, 0.4) is 0 Å². The second-order valence-corrected chi connectivity index (χ2v) is 4.02. The fourth-order valence-electron chi connectivity index (χ4n) is 1.13. The first kappa shape index (κ1) is 11.6. The number of rotatable bonds is 6. The van der Waals surface area contributed by atoms with Gasteiger partial charge in [-0.3, -0.25) is 0 Å². The maximum absolute atomic E-state index is 8.96. The minimum Gasteiger partial charge on any atom is -0.389 e. The third-order valence-electron chi connectivity index (χ3n) is 1.77. The van der Waals surface area contributed by atoms with Crippen LogP contribution in [0, 0.1) is 0 Å². The molecule has 14 heavy (non-hydrogen) atoms. The van der Waals surface area contributed by atoms with Crippen molar-refractivity contribution >= 4 is 11.3 Å². The molecule has 5 heteroatoms. The quantitative estimate of drug-likeness (QED) is 0.741. The lowest BCUT2D eigenvalue weighted by Crippen LogP contribution is -2.12. The predicted molar refractivity (Wildman–Crippen MR) is 56.1 cm³/mol. The standard InChI is InChI=1S/C9H16N2O2S/c1-3-10-4-8-7(6-13-2)11-9(5-12)14-8/h10,12H,3-6H2,1-2H3. The topological polar surface area (TPSA) is 54.4 Å². The van der Waals surface area contributed by atoms with E-state index in [1.165, 1.54) is 11.3 Å². The van der Waals surface area contributed by atoms with E-state index in [-0.39, 0.29) is 6.61 Å². The van der Waals surface area contributed by atoms with Gasteiger partial charge in [-0.05, 0) is 6.54 Å². The summed E-state index contributed by atoms with van der Waals surface area (Å²) in [6, 6.07) is 0. The Balaban J connectivity index is 2.71. The molecule has 80 valence electrons. The molecule has 0 aliphatic heterocycles. The highest BCUT2D eigenvalue weighted by atomic mass is 32.1. The number of nitrogens with one attached hydrogen (secondary N) is 1. The van der Waals surface area contributed by atoms with Crippen molar-refractivity contribution in [2.24, 2.45) is 0 Å². The molecule has 0 bridgehead atoms. The number of methoxy groups -OCH3 is 1. The van der Waals surface area contributed by atoms with Gasteiger partial charge in [-0.25, -0.2) is 4.98 Å². The molecule has 1 heterocycles. The van der Waals surface area contributed by atoms with Gasteiger partial charge in [0.25, 0.3) is 0 Å². The molecule has 1 aromatic rings. The Hall–Kier alpha value is -0.490. The third kappa shape index (κ3) is 3.02. The van der Waals surface area contributed by atoms with Crippen LogP contribution in [0.2, 0.25) is 0 Å². The lowest BCUT2D eigenvalue weighted by Gasteiger charge is -2.00. The molecule has 2 N–H and O–H groups in total. The fraction of sp³-hybridized carbons (Fsp3) is 0.667. The second-order valence-electron chi connectivity index (χ2n) is 2.85. The average Bonchev–Trinajstić information content (AvgIpc) is 2.58. The van der Waals surface area contributed by atoms with Gasteiger partial charge in [-0.15, -0.1) is 11.3 Å². The number of ether oxygens (including phenoxy) is 1. The largest absolute Gasteiger partial charge is 0.389 e. The summed E-state index contributed by atoms with van der Waals surface area (Å²) < 4.78 is 5.04. The van der Waals surface area contributed by atoms with Crippen molar-refractivity contribution in [3.63, 3.8) is 0 Å². The number of aliphatic hydroxyl groups is 1. The maximum atomic E-state index is 8.96. The average molecular weight is 216 g/mol. The molecule has 0 spiro atoms. The van der Waals surface area contributed by atoms with Gasteiger partial charge in [-0.1, -0.05) is 6.92 Å². The Morgan fingerprint density at radius 1 is 1.57 bits per heavy atom. The number of aromatic nitrogens is 1. The molecule has 1 rings (SSSR count). The molecule has 0 saturated heterocycles. The Bertz CT molecular complexity index is 276. The van der Waals surface area contributed by atoms with Gasteiger partial charge in [0.2, 0.25) is 0 Å². The zero-order chi connectivity index (χ0) is 10.4. The SMILES string of the molecule is CCNCc1sc(CO)nc1COC. The molecule has 0 atom stereocenters. The first-order chi connectivity index (χ1) is 6.81. The number of thiazole rings is 1. The van der Waals surface area contributed by atoms with Crippen LogP contribution in [0.15, 0.2) is 0 Å². The van der Waals surface area contributed by atoms with Gasteiger partial charge in [-0.2, -0.15) is 0 Å². The number of hydrogen-bond acceptors (Lipinski definition) is 5. The molecule has 0 fully saturated rings. The summed E-state index contributed by atoms with van der Waals surface area (Å²) in [5, 5.41) is 12.9. The van der Waals surface area contributed by atoms with Crippen LogP contribution in [-0.4, -0.2) is 23.7 Å². The van der Waals surface area contributed by atoms with E-state index in [9.17, 15) is 0 Å². The first-order valence-electron chi connectivity index (χ1n) is 4.59. The molecule has 0 unspecified atom stereocenters. The van der Waals surface area contributed by atoms with Crippen LogP contribution < -0.4 is 5.32 Å². The Kier molecular flexibility index (Phi) is 5.03. The molecule has 0 saturated carbocycles. The third-order valence-corrected chi connectivity index (χ3v) is 2.86. The molecule has 0 aliphatic carbocycles. The summed E-state index contributed by atoms with van der Waals surface area (Å²) in [6.45, 7) is 4.31. The van der Waals surface area contributed by atoms with E-state index in [0.29, 0.717) is 6.61 Å². The molecule has 0 aliphatic rings. The Morgan fingerprint density at radius 2 is 2.36 bits per heavy atom. The van der Waals surface area contributed by atoms with Crippen LogP contribution in [0.5, 0.6) is 0 Å². The molecule has 0 radical (unpaired) electrons. The van der Waals surface area contributed by atoms with E-state index < -0.39 is 0 Å². The van der Waals surface area contributed by atoms with Gasteiger partial charge in [0.15, 0.2) is 0 Å². The second kappa shape index (κ2) is 6.08. The maximum Gasteiger partial charge on any atom is 0.119 e. The van der Waals surface area contributed by atoms with Crippen LogP contribution in [0.25, 0.3) is 0 Å². The van der Waals surface area contributed by atoms with Gasteiger partial charge in [0, 0.05) is 18.5 Å². The molecule has 4 nitrogen and oxygen atoms in total. The van der Waals surface area contributed by atoms with E-state index in [2.05, 4.69) is 17.2 Å². The van der Waals surface area contributed by atoms with Crippen molar-refractivity contribution in [2.45, 2.75) is 26.7 Å². The van der Waals surface area contributed by atoms with E-state index in [1.807, 2.05) is 0 Å². The summed E-state index contributed by atoms with van der Waals surface area (Å²) in [7, 11) is 1.65. The van der Waals surface area contributed by atoms with Crippen molar-refractivity contribution < 1.29 is 9.84 Å². The Morgan fingerprint density at radius 3 is 2.93 bits per heavy atom. The van der Waals surface area contributed by atoms with Crippen molar-refractivity contribution in [1.82, 2.24) is 10.3 Å². The lowest BCUT2D eigenvalue weighted by molar-refractivity contribution is 0.180. The van der Waals surface area contributed by atoms with Gasteiger partial charge in [0.05, 0.1) is 18.9 Å².